The highest BCUT2D eigenvalue weighted by Crippen LogP contribution is 2.06. The van der Waals surface area contributed by atoms with Gasteiger partial charge in [0.25, 0.3) is 0 Å². The number of rotatable bonds is 8. The Morgan fingerprint density at radius 1 is 1.05 bits per heavy atom. The molecule has 0 saturated heterocycles. The topological polar surface area (TPSA) is 122 Å². The standard InChI is InChI=1S/C10H20N2.C4H6O6/c1-3-4-5-6-7-12-9-8-11(2)10-12;5-1(3(7)8)2(6)4(9)10/h8-9H,3-7,10H2,1-2H3;1-2,5-6H,(H,7,8)(H,9,10)/t;1-,2-/m.1/s1. The molecule has 0 amide bonds. The molecule has 1 aliphatic rings. The predicted molar refractivity (Wildman–Crippen MR) is 79.9 cm³/mol. The lowest BCUT2D eigenvalue weighted by Crippen LogP contribution is -2.39. The van der Waals surface area contributed by atoms with Crippen molar-refractivity contribution in [2.24, 2.45) is 0 Å². The Bertz CT molecular complexity index is 356. The van der Waals surface area contributed by atoms with Crippen molar-refractivity contribution in [1.29, 1.82) is 0 Å². The van der Waals surface area contributed by atoms with Crippen LogP contribution >= 0.6 is 0 Å². The minimum Gasteiger partial charge on any atom is -0.479 e. The van der Waals surface area contributed by atoms with Gasteiger partial charge in [-0.15, -0.1) is 0 Å². The molecular weight excluding hydrogens is 292 g/mol. The molecule has 0 bridgehead atoms. The fraction of sp³-hybridized carbons (Fsp3) is 0.714. The van der Waals surface area contributed by atoms with Crippen LogP contribution in [0.3, 0.4) is 0 Å². The molecule has 8 nitrogen and oxygen atoms in total. The van der Waals surface area contributed by atoms with Crippen LogP contribution in [0.2, 0.25) is 0 Å². The maximum absolute atomic E-state index is 9.77. The van der Waals surface area contributed by atoms with Crippen LogP contribution in [-0.4, -0.2) is 74.6 Å². The molecule has 0 spiro atoms. The number of hydrogen-bond donors (Lipinski definition) is 4. The van der Waals surface area contributed by atoms with Gasteiger partial charge in [0.05, 0.1) is 6.67 Å². The van der Waals surface area contributed by atoms with E-state index in [1.165, 1.54) is 32.2 Å². The molecule has 0 aromatic rings. The van der Waals surface area contributed by atoms with Gasteiger partial charge < -0.3 is 30.2 Å². The number of hydrogen-bond acceptors (Lipinski definition) is 6. The fourth-order valence-corrected chi connectivity index (χ4v) is 1.75. The SMILES string of the molecule is CCCCCCN1C=CN(C)C1.O=C(O)[C@H](O)[C@@H](O)C(=O)O. The Kier molecular flexibility index (Phi) is 9.97. The normalized spacial score (nSPS) is 16.0. The van der Waals surface area contributed by atoms with Crippen molar-refractivity contribution in [3.63, 3.8) is 0 Å². The van der Waals surface area contributed by atoms with Crippen LogP contribution in [-0.2, 0) is 9.59 Å². The lowest BCUT2D eigenvalue weighted by atomic mass is 10.2. The average Bonchev–Trinajstić information content (AvgIpc) is 2.88. The summed E-state index contributed by atoms with van der Waals surface area (Å²) in [5.74, 6) is -3.54. The Labute approximate surface area is 130 Å². The largest absolute Gasteiger partial charge is 0.479 e. The van der Waals surface area contributed by atoms with Crippen LogP contribution in [0.4, 0.5) is 0 Å². The predicted octanol–water partition coefficient (Wildman–Crippen LogP) is 0.120. The smallest absolute Gasteiger partial charge is 0.335 e. The van der Waals surface area contributed by atoms with Gasteiger partial charge in [-0.25, -0.2) is 9.59 Å². The lowest BCUT2D eigenvalue weighted by molar-refractivity contribution is -0.165. The number of unbranched alkanes of at least 4 members (excludes halogenated alkanes) is 3. The quantitative estimate of drug-likeness (QED) is 0.466. The minimum atomic E-state index is -2.27. The molecule has 0 radical (unpaired) electrons. The number of aliphatic hydroxyl groups is 2. The van der Waals surface area contributed by atoms with Gasteiger partial charge in [0.1, 0.15) is 0 Å². The Balaban J connectivity index is 0.000000409. The van der Waals surface area contributed by atoms with E-state index in [-0.39, 0.29) is 0 Å². The zero-order valence-electron chi connectivity index (χ0n) is 13.1. The van der Waals surface area contributed by atoms with Gasteiger partial charge in [-0.05, 0) is 6.42 Å². The monoisotopic (exact) mass is 318 g/mol. The molecule has 0 unspecified atom stereocenters. The third-order valence-corrected chi connectivity index (χ3v) is 3.04. The Hall–Kier alpha value is -1.80. The van der Waals surface area contributed by atoms with Gasteiger partial charge in [-0.3, -0.25) is 0 Å². The second-order valence-corrected chi connectivity index (χ2v) is 5.14. The highest BCUT2D eigenvalue weighted by atomic mass is 16.4. The molecule has 0 aromatic carbocycles. The molecule has 0 saturated carbocycles. The summed E-state index contributed by atoms with van der Waals surface area (Å²) >= 11 is 0. The first-order valence-electron chi connectivity index (χ1n) is 7.24. The number of aliphatic carboxylic acids is 2. The number of aliphatic hydroxyl groups excluding tert-OH is 2. The summed E-state index contributed by atoms with van der Waals surface area (Å²) < 4.78 is 0. The van der Waals surface area contributed by atoms with E-state index < -0.39 is 24.1 Å². The summed E-state index contributed by atoms with van der Waals surface area (Å²) in [5.41, 5.74) is 0. The van der Waals surface area contributed by atoms with E-state index in [2.05, 4.69) is 36.2 Å². The van der Waals surface area contributed by atoms with Crippen LogP contribution in [0, 0.1) is 0 Å². The molecule has 1 rings (SSSR count). The van der Waals surface area contributed by atoms with Crippen molar-refractivity contribution in [3.05, 3.63) is 12.4 Å². The lowest BCUT2D eigenvalue weighted by Gasteiger charge is -2.17. The summed E-state index contributed by atoms with van der Waals surface area (Å²) in [5, 5.41) is 32.5. The molecule has 1 aliphatic heterocycles. The van der Waals surface area contributed by atoms with Crippen molar-refractivity contribution in [3.8, 4) is 0 Å². The van der Waals surface area contributed by atoms with Crippen LogP contribution in [0.1, 0.15) is 32.6 Å². The van der Waals surface area contributed by atoms with Gasteiger partial charge in [0, 0.05) is 26.0 Å². The van der Waals surface area contributed by atoms with Gasteiger partial charge in [0.2, 0.25) is 0 Å². The van der Waals surface area contributed by atoms with Crippen LogP contribution in [0.5, 0.6) is 0 Å². The van der Waals surface area contributed by atoms with Crippen molar-refractivity contribution < 1.29 is 30.0 Å². The van der Waals surface area contributed by atoms with E-state index in [1.807, 2.05) is 0 Å². The minimum absolute atomic E-state index is 1.08. The van der Waals surface area contributed by atoms with Gasteiger partial charge in [0.15, 0.2) is 12.2 Å². The molecule has 2 atom stereocenters. The van der Waals surface area contributed by atoms with Gasteiger partial charge in [-0.1, -0.05) is 26.2 Å². The molecule has 8 heteroatoms. The van der Waals surface area contributed by atoms with Crippen molar-refractivity contribution in [1.82, 2.24) is 9.80 Å². The highest BCUT2D eigenvalue weighted by molar-refractivity contribution is 5.83. The molecule has 128 valence electrons. The summed E-state index contributed by atoms with van der Waals surface area (Å²) in [6.07, 6.45) is 5.22. The molecular formula is C14H26N2O6. The molecule has 1 heterocycles. The number of nitrogens with zero attached hydrogens (tertiary/aromatic N) is 2. The second kappa shape index (κ2) is 10.9. The highest BCUT2D eigenvalue weighted by Gasteiger charge is 2.29. The zero-order chi connectivity index (χ0) is 17.1. The fourth-order valence-electron chi connectivity index (χ4n) is 1.75. The van der Waals surface area contributed by atoms with Crippen LogP contribution in [0.15, 0.2) is 12.4 Å². The van der Waals surface area contributed by atoms with E-state index in [0.717, 1.165) is 6.67 Å². The first-order valence-corrected chi connectivity index (χ1v) is 7.24. The summed E-state index contributed by atoms with van der Waals surface area (Å²) in [6, 6.07) is 0. The molecule has 0 aromatic heterocycles. The van der Waals surface area contributed by atoms with E-state index in [9.17, 15) is 9.59 Å². The van der Waals surface area contributed by atoms with E-state index >= 15 is 0 Å². The zero-order valence-corrected chi connectivity index (χ0v) is 13.1. The number of carbonyl (C=O) groups is 2. The van der Waals surface area contributed by atoms with Gasteiger partial charge in [-0.2, -0.15) is 0 Å². The maximum Gasteiger partial charge on any atom is 0.335 e. The maximum atomic E-state index is 9.77. The number of carboxylic acid groups (broad SMARTS) is 2. The Morgan fingerprint density at radius 2 is 1.59 bits per heavy atom. The molecule has 4 N–H and O–H groups in total. The summed E-state index contributed by atoms with van der Waals surface area (Å²) in [4.78, 5) is 24.1. The van der Waals surface area contributed by atoms with Gasteiger partial charge >= 0.3 is 11.9 Å². The van der Waals surface area contributed by atoms with Crippen molar-refractivity contribution in [2.75, 3.05) is 20.3 Å². The first-order chi connectivity index (χ1) is 10.3. The summed E-state index contributed by atoms with van der Waals surface area (Å²) in [7, 11) is 2.11. The van der Waals surface area contributed by atoms with E-state index in [4.69, 9.17) is 20.4 Å². The van der Waals surface area contributed by atoms with E-state index in [0.29, 0.717) is 0 Å². The third-order valence-electron chi connectivity index (χ3n) is 3.04. The first kappa shape index (κ1) is 20.2. The molecule has 0 fully saturated rings. The van der Waals surface area contributed by atoms with E-state index in [1.54, 1.807) is 0 Å². The average molecular weight is 318 g/mol. The second-order valence-electron chi connectivity index (χ2n) is 5.14. The molecule has 22 heavy (non-hydrogen) atoms. The summed E-state index contributed by atoms with van der Waals surface area (Å²) in [6.45, 7) is 4.55. The van der Waals surface area contributed by atoms with Crippen molar-refractivity contribution in [2.45, 2.75) is 44.8 Å². The Morgan fingerprint density at radius 3 is 1.95 bits per heavy atom. The molecule has 0 aliphatic carbocycles. The van der Waals surface area contributed by atoms with Crippen molar-refractivity contribution >= 4 is 11.9 Å². The van der Waals surface area contributed by atoms with Crippen LogP contribution in [0.25, 0.3) is 0 Å². The van der Waals surface area contributed by atoms with Crippen LogP contribution < -0.4 is 0 Å². The third kappa shape index (κ3) is 8.48. The number of carboxylic acids is 2.